The zero-order chi connectivity index (χ0) is 15.4. The maximum Gasteiger partial charge on any atom is 0.167 e. The molecule has 7 heteroatoms. The molecule has 0 spiro atoms. The normalized spacial score (nSPS) is 21.0. The van der Waals surface area contributed by atoms with Crippen molar-refractivity contribution < 1.29 is 9.47 Å². The van der Waals surface area contributed by atoms with Crippen molar-refractivity contribution in [2.45, 2.75) is 38.5 Å². The van der Waals surface area contributed by atoms with E-state index in [9.17, 15) is 0 Å². The standard InChI is InChI=1S/C15H21N5O2/c1-2-3-4-7-21-8-11-5-6-12(22-11)20-10-19-13-14(16)17-9-18-15(13)20/h5-6,9-12H,2-4,7-8H2,1H3,(H2,16,17,18)/t11-,12+/m0/s1. The average molecular weight is 303 g/mol. The lowest BCUT2D eigenvalue weighted by atomic mass is 10.3. The lowest BCUT2D eigenvalue weighted by Crippen LogP contribution is -2.18. The van der Waals surface area contributed by atoms with Gasteiger partial charge in [0.05, 0.1) is 12.9 Å². The van der Waals surface area contributed by atoms with Crippen LogP contribution in [0.15, 0.2) is 24.8 Å². The molecule has 2 aromatic heterocycles. The highest BCUT2D eigenvalue weighted by Gasteiger charge is 2.23. The minimum atomic E-state index is -0.233. The second-order valence-corrected chi connectivity index (χ2v) is 5.31. The highest BCUT2D eigenvalue weighted by molar-refractivity contribution is 5.81. The van der Waals surface area contributed by atoms with Gasteiger partial charge >= 0.3 is 0 Å². The summed E-state index contributed by atoms with van der Waals surface area (Å²) in [6.07, 6.45) is 10.3. The van der Waals surface area contributed by atoms with Crippen molar-refractivity contribution in [2.75, 3.05) is 18.9 Å². The van der Waals surface area contributed by atoms with E-state index in [0.717, 1.165) is 13.0 Å². The molecule has 118 valence electrons. The van der Waals surface area contributed by atoms with Crippen molar-refractivity contribution in [2.24, 2.45) is 0 Å². The number of nitrogens with two attached hydrogens (primary N) is 1. The van der Waals surface area contributed by atoms with Gasteiger partial charge in [-0.25, -0.2) is 15.0 Å². The van der Waals surface area contributed by atoms with Gasteiger partial charge in [-0.05, 0) is 12.5 Å². The highest BCUT2D eigenvalue weighted by atomic mass is 16.5. The summed E-state index contributed by atoms with van der Waals surface area (Å²) in [5.41, 5.74) is 7.06. The van der Waals surface area contributed by atoms with Gasteiger partial charge < -0.3 is 15.2 Å². The fourth-order valence-corrected chi connectivity index (χ4v) is 2.45. The summed E-state index contributed by atoms with van der Waals surface area (Å²) in [5.74, 6) is 0.376. The van der Waals surface area contributed by atoms with Crippen LogP contribution in [0.3, 0.4) is 0 Å². The predicted molar refractivity (Wildman–Crippen MR) is 83.1 cm³/mol. The number of anilines is 1. The molecule has 0 radical (unpaired) electrons. The fraction of sp³-hybridized carbons (Fsp3) is 0.533. The molecule has 0 bridgehead atoms. The van der Waals surface area contributed by atoms with E-state index >= 15 is 0 Å². The zero-order valence-electron chi connectivity index (χ0n) is 12.7. The number of ether oxygens (including phenoxy) is 2. The number of nitrogens with zero attached hydrogens (tertiary/aromatic N) is 4. The molecule has 0 unspecified atom stereocenters. The van der Waals surface area contributed by atoms with Gasteiger partial charge in [0.2, 0.25) is 0 Å². The summed E-state index contributed by atoms with van der Waals surface area (Å²) < 4.78 is 13.4. The summed E-state index contributed by atoms with van der Waals surface area (Å²) in [6.45, 7) is 3.53. The number of hydrogen-bond acceptors (Lipinski definition) is 6. The maximum atomic E-state index is 5.95. The number of fused-ring (bicyclic) bond motifs is 1. The van der Waals surface area contributed by atoms with Gasteiger partial charge in [-0.2, -0.15) is 0 Å². The van der Waals surface area contributed by atoms with E-state index in [1.807, 2.05) is 16.7 Å². The van der Waals surface area contributed by atoms with Crippen LogP contribution in [-0.4, -0.2) is 38.8 Å². The first-order chi connectivity index (χ1) is 10.8. The van der Waals surface area contributed by atoms with Crippen molar-refractivity contribution >= 4 is 17.0 Å². The van der Waals surface area contributed by atoms with E-state index in [0.29, 0.717) is 23.6 Å². The number of imidazole rings is 1. The molecule has 1 aliphatic heterocycles. The fourth-order valence-electron chi connectivity index (χ4n) is 2.45. The minimum absolute atomic E-state index is 0.0386. The molecule has 7 nitrogen and oxygen atoms in total. The molecule has 0 aromatic carbocycles. The smallest absolute Gasteiger partial charge is 0.167 e. The summed E-state index contributed by atoms with van der Waals surface area (Å²) in [7, 11) is 0. The van der Waals surface area contributed by atoms with Gasteiger partial charge in [-0.15, -0.1) is 0 Å². The van der Waals surface area contributed by atoms with Crippen molar-refractivity contribution in [3.63, 3.8) is 0 Å². The quantitative estimate of drug-likeness (QED) is 0.622. The molecule has 2 N–H and O–H groups in total. The third-order valence-electron chi connectivity index (χ3n) is 3.64. The first kappa shape index (κ1) is 14.9. The van der Waals surface area contributed by atoms with Crippen LogP contribution in [-0.2, 0) is 9.47 Å². The SMILES string of the molecule is CCCCCOC[C@@H]1C=C[C@H](n2cnc3c(N)ncnc32)O1. The molecule has 1 aliphatic rings. The molecule has 2 aromatic rings. The van der Waals surface area contributed by atoms with Crippen LogP contribution in [0.4, 0.5) is 5.82 Å². The van der Waals surface area contributed by atoms with Gasteiger partial charge in [0.1, 0.15) is 17.9 Å². The second kappa shape index (κ2) is 6.85. The Morgan fingerprint density at radius 1 is 1.27 bits per heavy atom. The van der Waals surface area contributed by atoms with E-state index in [2.05, 4.69) is 21.9 Å². The Morgan fingerprint density at radius 3 is 3.05 bits per heavy atom. The van der Waals surface area contributed by atoms with Gasteiger partial charge in [0, 0.05) is 6.61 Å². The molecule has 0 amide bonds. The molecular formula is C15H21N5O2. The van der Waals surface area contributed by atoms with Crippen molar-refractivity contribution in [3.05, 3.63) is 24.8 Å². The Balaban J connectivity index is 1.58. The van der Waals surface area contributed by atoms with E-state index in [1.165, 1.54) is 19.2 Å². The number of rotatable bonds is 7. The number of nitrogen functional groups attached to an aromatic ring is 1. The zero-order valence-corrected chi connectivity index (χ0v) is 12.7. The largest absolute Gasteiger partial charge is 0.382 e. The molecule has 0 saturated carbocycles. The topological polar surface area (TPSA) is 88.1 Å². The Kier molecular flexibility index (Phi) is 4.65. The Hall–Kier alpha value is -1.99. The Bertz CT molecular complexity index is 654. The van der Waals surface area contributed by atoms with Crippen molar-refractivity contribution in [1.29, 1.82) is 0 Å². The predicted octanol–water partition coefficient (Wildman–Crippen LogP) is 2.07. The monoisotopic (exact) mass is 303 g/mol. The maximum absolute atomic E-state index is 5.95. The van der Waals surface area contributed by atoms with E-state index < -0.39 is 0 Å². The molecule has 0 saturated heterocycles. The van der Waals surface area contributed by atoms with Gasteiger partial charge in [0.15, 0.2) is 17.7 Å². The molecule has 3 heterocycles. The third-order valence-corrected chi connectivity index (χ3v) is 3.64. The van der Waals surface area contributed by atoms with Gasteiger partial charge in [0.25, 0.3) is 0 Å². The lowest BCUT2D eigenvalue weighted by Gasteiger charge is -2.15. The summed E-state index contributed by atoms with van der Waals surface area (Å²) in [4.78, 5) is 12.4. The highest BCUT2D eigenvalue weighted by Crippen LogP contribution is 2.25. The minimum Gasteiger partial charge on any atom is -0.382 e. The van der Waals surface area contributed by atoms with Gasteiger partial charge in [-0.3, -0.25) is 4.57 Å². The van der Waals surface area contributed by atoms with Gasteiger partial charge in [-0.1, -0.05) is 25.8 Å². The van der Waals surface area contributed by atoms with Crippen molar-refractivity contribution in [3.8, 4) is 0 Å². The third kappa shape index (κ3) is 3.10. The van der Waals surface area contributed by atoms with Crippen molar-refractivity contribution in [1.82, 2.24) is 19.5 Å². The van der Waals surface area contributed by atoms with Crippen LogP contribution in [0.1, 0.15) is 32.4 Å². The Labute approximate surface area is 129 Å². The van der Waals surface area contributed by atoms with Crippen LogP contribution < -0.4 is 5.73 Å². The molecule has 2 atom stereocenters. The second-order valence-electron chi connectivity index (χ2n) is 5.31. The van der Waals surface area contributed by atoms with Crippen LogP contribution in [0, 0.1) is 0 Å². The number of hydrogen-bond donors (Lipinski definition) is 1. The first-order valence-electron chi connectivity index (χ1n) is 7.64. The van der Waals surface area contributed by atoms with Crippen LogP contribution in [0.5, 0.6) is 0 Å². The van der Waals surface area contributed by atoms with E-state index in [4.69, 9.17) is 15.2 Å². The van der Waals surface area contributed by atoms with Crippen LogP contribution >= 0.6 is 0 Å². The van der Waals surface area contributed by atoms with E-state index in [-0.39, 0.29) is 12.3 Å². The molecule has 0 fully saturated rings. The summed E-state index contributed by atoms with van der Waals surface area (Å²) in [6, 6.07) is 0. The van der Waals surface area contributed by atoms with Crippen LogP contribution in [0.2, 0.25) is 0 Å². The van der Waals surface area contributed by atoms with Crippen LogP contribution in [0.25, 0.3) is 11.2 Å². The first-order valence-corrected chi connectivity index (χ1v) is 7.64. The van der Waals surface area contributed by atoms with E-state index in [1.54, 1.807) is 6.33 Å². The molecule has 3 rings (SSSR count). The summed E-state index contributed by atoms with van der Waals surface area (Å²) in [5, 5.41) is 0. The number of unbranched alkanes of at least 4 members (excludes halogenated alkanes) is 2. The average Bonchev–Trinajstić information content (AvgIpc) is 3.14. The Morgan fingerprint density at radius 2 is 2.18 bits per heavy atom. The molecule has 0 aliphatic carbocycles. The molecule has 22 heavy (non-hydrogen) atoms. The number of aromatic nitrogens is 4. The molecular weight excluding hydrogens is 282 g/mol. The lowest BCUT2D eigenvalue weighted by molar-refractivity contribution is -0.0279. The summed E-state index contributed by atoms with van der Waals surface area (Å²) >= 11 is 0.